The maximum absolute atomic E-state index is 12.7. The van der Waals surface area contributed by atoms with Gasteiger partial charge in [-0.25, -0.2) is 4.79 Å². The lowest BCUT2D eigenvalue weighted by Gasteiger charge is -2.46. The molecule has 2 atom stereocenters. The molecule has 2 amide bonds. The smallest absolute Gasteiger partial charge is 0.355 e. The zero-order valence-electron chi connectivity index (χ0n) is 14.8. The van der Waals surface area contributed by atoms with Gasteiger partial charge in [-0.15, -0.1) is 11.8 Å². The second-order valence-electron chi connectivity index (χ2n) is 5.96. The van der Waals surface area contributed by atoms with E-state index in [4.69, 9.17) is 9.47 Å². The molecule has 1 aromatic carbocycles. The summed E-state index contributed by atoms with van der Waals surface area (Å²) >= 11 is 1.32. The van der Waals surface area contributed by atoms with E-state index in [1.165, 1.54) is 23.6 Å². The van der Waals surface area contributed by atoms with Crippen LogP contribution < -0.4 is 5.32 Å². The van der Waals surface area contributed by atoms with Crippen LogP contribution in [0.5, 0.6) is 0 Å². The number of thioether (sulfide) groups is 1. The molecule has 27 heavy (non-hydrogen) atoms. The van der Waals surface area contributed by atoms with Gasteiger partial charge in [0.15, 0.2) is 0 Å². The molecule has 2 aliphatic heterocycles. The average Bonchev–Trinajstić information content (AvgIpc) is 3.02. The van der Waals surface area contributed by atoms with Gasteiger partial charge < -0.3 is 14.8 Å². The summed E-state index contributed by atoms with van der Waals surface area (Å²) in [6.45, 7) is 1.10. The van der Waals surface area contributed by atoms with Crippen molar-refractivity contribution in [3.05, 3.63) is 47.2 Å². The number of nitrogens with one attached hydrogen (secondary N) is 1. The van der Waals surface area contributed by atoms with E-state index in [2.05, 4.69) is 5.32 Å². The predicted molar refractivity (Wildman–Crippen MR) is 96.5 cm³/mol. The largest absolute Gasteiger partial charge is 0.461 e. The van der Waals surface area contributed by atoms with E-state index in [1.807, 2.05) is 0 Å². The monoisotopic (exact) mass is 390 g/mol. The Morgan fingerprint density at radius 2 is 2.00 bits per heavy atom. The van der Waals surface area contributed by atoms with E-state index in [1.54, 1.807) is 36.6 Å². The summed E-state index contributed by atoms with van der Waals surface area (Å²) in [5.41, 5.74) is 0.958. The number of carbonyl (C=O) groups excluding carboxylic acids is 4. The van der Waals surface area contributed by atoms with Gasteiger partial charge in [-0.05, 0) is 18.4 Å². The number of ether oxygens (including phenoxy) is 2. The third-order valence-corrected chi connectivity index (χ3v) is 5.17. The molecule has 0 aromatic heterocycles. The van der Waals surface area contributed by atoms with Crippen LogP contribution in [0.15, 0.2) is 41.6 Å². The van der Waals surface area contributed by atoms with Crippen LogP contribution in [0.1, 0.15) is 17.3 Å². The zero-order valence-corrected chi connectivity index (χ0v) is 15.6. The van der Waals surface area contributed by atoms with Crippen LogP contribution in [0.25, 0.3) is 0 Å². The van der Waals surface area contributed by atoms with Crippen molar-refractivity contribution in [3.63, 3.8) is 0 Å². The molecule has 9 heteroatoms. The highest BCUT2D eigenvalue weighted by molar-refractivity contribution is 7.99. The summed E-state index contributed by atoms with van der Waals surface area (Å²) in [7, 11) is 0. The van der Waals surface area contributed by atoms with Crippen molar-refractivity contribution in [2.45, 2.75) is 18.3 Å². The summed E-state index contributed by atoms with van der Waals surface area (Å²) in [6.07, 6.45) is 1.78. The zero-order chi connectivity index (χ0) is 19.6. The molecule has 1 N–H and O–H groups in total. The Labute approximate surface area is 159 Å². The number of esters is 2. The van der Waals surface area contributed by atoms with E-state index >= 15 is 0 Å². The van der Waals surface area contributed by atoms with Gasteiger partial charge >= 0.3 is 11.9 Å². The lowest BCUT2D eigenvalue weighted by Crippen LogP contribution is -2.69. The number of nitrogens with zero attached hydrogens (tertiary/aromatic N) is 1. The van der Waals surface area contributed by atoms with Crippen LogP contribution in [0.4, 0.5) is 0 Å². The molecule has 2 heterocycles. The fraction of sp³-hybridized carbons (Fsp3) is 0.333. The standard InChI is InChI=1S/C18H18N2O6S/c1-10(21)25-8-12-9-26-18(24)14(12)20-16(23)13(17(20)27-2)19-15(22)11-6-4-3-5-7-11/h3-7,13,17H,8-9H2,1-2H3,(H,19,22)/t13-,17+/m1/s1. The van der Waals surface area contributed by atoms with Crippen LogP contribution in [0.2, 0.25) is 0 Å². The molecule has 1 saturated heterocycles. The second-order valence-corrected chi connectivity index (χ2v) is 6.91. The number of β-lactam (4-membered cyclic amide) rings is 1. The Balaban J connectivity index is 1.77. The van der Waals surface area contributed by atoms with Crippen molar-refractivity contribution in [2.24, 2.45) is 0 Å². The van der Waals surface area contributed by atoms with Gasteiger partial charge in [0, 0.05) is 18.1 Å². The number of benzene rings is 1. The van der Waals surface area contributed by atoms with Crippen LogP contribution >= 0.6 is 11.8 Å². The second kappa shape index (κ2) is 7.83. The summed E-state index contributed by atoms with van der Waals surface area (Å²) in [6, 6.07) is 7.80. The number of amides is 2. The van der Waals surface area contributed by atoms with Gasteiger partial charge in [0.25, 0.3) is 11.8 Å². The Bertz CT molecular complexity index is 822. The molecule has 2 aliphatic rings. The minimum atomic E-state index is -0.761. The van der Waals surface area contributed by atoms with Crippen molar-refractivity contribution in [2.75, 3.05) is 19.5 Å². The summed E-state index contributed by atoms with van der Waals surface area (Å²) < 4.78 is 9.93. The SMILES string of the molecule is CS[C@H]1[C@H](NC(=O)c2ccccc2)C(=O)N1C1=C(COC(C)=O)COC1=O. The first-order valence-electron chi connectivity index (χ1n) is 8.18. The molecule has 1 aromatic rings. The minimum Gasteiger partial charge on any atom is -0.461 e. The van der Waals surface area contributed by atoms with Crippen LogP contribution in [0, 0.1) is 0 Å². The Kier molecular flexibility index (Phi) is 5.50. The molecule has 0 bridgehead atoms. The highest BCUT2D eigenvalue weighted by Crippen LogP contribution is 2.36. The first kappa shape index (κ1) is 19.0. The lowest BCUT2D eigenvalue weighted by atomic mass is 10.0. The topological polar surface area (TPSA) is 102 Å². The fourth-order valence-electron chi connectivity index (χ4n) is 2.89. The summed E-state index contributed by atoms with van der Waals surface area (Å²) in [5, 5.41) is 2.25. The third-order valence-electron chi connectivity index (χ3n) is 4.20. The van der Waals surface area contributed by atoms with E-state index in [-0.39, 0.29) is 24.8 Å². The number of likely N-dealkylation sites (tertiary alicyclic amines) is 1. The number of hydrogen-bond donors (Lipinski definition) is 1. The maximum Gasteiger partial charge on any atom is 0.355 e. The maximum atomic E-state index is 12.7. The first-order chi connectivity index (χ1) is 12.9. The van der Waals surface area contributed by atoms with Crippen molar-refractivity contribution in [3.8, 4) is 0 Å². The Morgan fingerprint density at radius 3 is 2.63 bits per heavy atom. The molecule has 0 unspecified atom stereocenters. The fourth-order valence-corrected chi connectivity index (χ4v) is 3.77. The van der Waals surface area contributed by atoms with Gasteiger partial charge in [-0.3, -0.25) is 19.3 Å². The Hall–Kier alpha value is -2.81. The van der Waals surface area contributed by atoms with Crippen molar-refractivity contribution in [1.82, 2.24) is 10.2 Å². The predicted octanol–water partition coefficient (Wildman–Crippen LogP) is 0.690. The van der Waals surface area contributed by atoms with Crippen molar-refractivity contribution < 1.29 is 28.7 Å². The van der Waals surface area contributed by atoms with Crippen molar-refractivity contribution in [1.29, 1.82) is 0 Å². The quantitative estimate of drug-likeness (QED) is 0.563. The summed E-state index contributed by atoms with van der Waals surface area (Å²) in [5.74, 6) is -1.91. The van der Waals surface area contributed by atoms with Gasteiger partial charge in [0.2, 0.25) is 0 Å². The van der Waals surface area contributed by atoms with Crippen LogP contribution in [-0.4, -0.2) is 59.5 Å². The highest BCUT2D eigenvalue weighted by atomic mass is 32.2. The third kappa shape index (κ3) is 3.68. The van der Waals surface area contributed by atoms with E-state index in [9.17, 15) is 19.2 Å². The molecule has 0 spiro atoms. The molecule has 0 radical (unpaired) electrons. The van der Waals surface area contributed by atoms with Gasteiger partial charge in [0.05, 0.1) is 0 Å². The number of cyclic esters (lactones) is 1. The van der Waals surface area contributed by atoms with Crippen LogP contribution in [0.3, 0.4) is 0 Å². The van der Waals surface area contributed by atoms with Gasteiger partial charge in [0.1, 0.15) is 30.3 Å². The molecule has 3 rings (SSSR count). The number of rotatable bonds is 6. The molecular formula is C18H18N2O6S. The van der Waals surface area contributed by atoms with Gasteiger partial charge in [-0.1, -0.05) is 18.2 Å². The highest BCUT2D eigenvalue weighted by Gasteiger charge is 2.53. The number of carbonyl (C=O) groups is 4. The molecule has 1 fully saturated rings. The molecule has 142 valence electrons. The molecule has 8 nitrogen and oxygen atoms in total. The van der Waals surface area contributed by atoms with E-state index in [0.29, 0.717) is 11.1 Å². The molecule has 0 saturated carbocycles. The minimum absolute atomic E-state index is 0.0344. The summed E-state index contributed by atoms with van der Waals surface area (Å²) in [4.78, 5) is 49.4. The number of hydrogen-bond acceptors (Lipinski definition) is 7. The van der Waals surface area contributed by atoms with E-state index in [0.717, 1.165) is 0 Å². The van der Waals surface area contributed by atoms with E-state index < -0.39 is 29.3 Å². The van der Waals surface area contributed by atoms with Gasteiger partial charge in [-0.2, -0.15) is 0 Å². The lowest BCUT2D eigenvalue weighted by molar-refractivity contribution is -0.148. The molecular weight excluding hydrogens is 372 g/mol. The Morgan fingerprint density at radius 1 is 1.30 bits per heavy atom. The first-order valence-corrected chi connectivity index (χ1v) is 9.47. The normalized spacial score (nSPS) is 21.6. The average molecular weight is 390 g/mol. The van der Waals surface area contributed by atoms with Crippen molar-refractivity contribution >= 4 is 35.5 Å². The van der Waals surface area contributed by atoms with Crippen LogP contribution in [-0.2, 0) is 23.9 Å². The molecule has 0 aliphatic carbocycles.